The molecule has 3 rings (SSSR count). The molecule has 4 atom stereocenters. The second kappa shape index (κ2) is 3.47. The highest BCUT2D eigenvalue weighted by Gasteiger charge is 2.48. The maximum atomic E-state index is 11.6. The van der Waals surface area contributed by atoms with E-state index in [1.165, 1.54) is 19.3 Å². The molecule has 1 heterocycles. The fraction of sp³-hybridized carbons (Fsp3) is 0.667. The Morgan fingerprint density at radius 3 is 3.06 bits per heavy atom. The van der Waals surface area contributed by atoms with Gasteiger partial charge in [0.05, 0.1) is 0 Å². The molecular formula is C15H20O2. The third-order valence-corrected chi connectivity index (χ3v) is 4.93. The summed E-state index contributed by atoms with van der Waals surface area (Å²) in [6.07, 6.45) is 7.13. The van der Waals surface area contributed by atoms with E-state index in [0.717, 1.165) is 6.42 Å². The molecule has 0 amide bonds. The first-order valence-corrected chi connectivity index (χ1v) is 6.63. The second-order valence-electron chi connectivity index (χ2n) is 6.17. The van der Waals surface area contributed by atoms with Gasteiger partial charge in [0.1, 0.15) is 6.10 Å². The first-order chi connectivity index (χ1) is 8.01. The Bertz CT molecular complexity index is 421. The molecule has 1 saturated carbocycles. The molecule has 1 saturated heterocycles. The summed E-state index contributed by atoms with van der Waals surface area (Å²) < 4.78 is 5.44. The normalized spacial score (nSPS) is 44.8. The fourth-order valence-electron chi connectivity index (χ4n) is 3.94. The molecule has 1 unspecified atom stereocenters. The summed E-state index contributed by atoms with van der Waals surface area (Å²) in [6, 6.07) is 0. The number of rotatable bonds is 0. The Morgan fingerprint density at radius 2 is 2.29 bits per heavy atom. The van der Waals surface area contributed by atoms with Crippen molar-refractivity contribution in [1.82, 2.24) is 0 Å². The van der Waals surface area contributed by atoms with Crippen molar-refractivity contribution in [2.45, 2.75) is 45.6 Å². The number of carbonyl (C=O) groups excluding carboxylic acids is 1. The lowest BCUT2D eigenvalue weighted by atomic mass is 9.60. The smallest absolute Gasteiger partial charge is 0.334 e. The number of ether oxygens (including phenoxy) is 1. The average molecular weight is 232 g/mol. The molecule has 0 aromatic heterocycles. The van der Waals surface area contributed by atoms with Crippen LogP contribution >= 0.6 is 0 Å². The first kappa shape index (κ1) is 11.1. The van der Waals surface area contributed by atoms with Crippen LogP contribution < -0.4 is 0 Å². The predicted molar refractivity (Wildman–Crippen MR) is 66.3 cm³/mol. The summed E-state index contributed by atoms with van der Waals surface area (Å²) in [5.74, 6) is 0.607. The molecule has 2 fully saturated rings. The van der Waals surface area contributed by atoms with E-state index in [0.29, 0.717) is 11.5 Å². The average Bonchev–Trinajstić information content (AvgIpc) is 2.52. The van der Waals surface area contributed by atoms with Crippen molar-refractivity contribution in [2.24, 2.45) is 17.3 Å². The molecule has 2 heteroatoms. The van der Waals surface area contributed by atoms with Crippen molar-refractivity contribution in [3.8, 4) is 0 Å². The molecule has 0 N–H and O–H groups in total. The molecule has 2 nitrogen and oxygen atoms in total. The molecule has 0 aromatic carbocycles. The molecule has 17 heavy (non-hydrogen) atoms. The van der Waals surface area contributed by atoms with Crippen LogP contribution in [0.2, 0.25) is 0 Å². The van der Waals surface area contributed by atoms with E-state index in [1.54, 1.807) is 5.57 Å². The zero-order chi connectivity index (χ0) is 12.2. The minimum atomic E-state index is -0.188. The summed E-state index contributed by atoms with van der Waals surface area (Å²) in [5, 5.41) is 0. The SMILES string of the molecule is C=C1C(=O)O[C@H]2C[C@]3(C)CCCC(C)C3=C[C@@H]12. The lowest BCUT2D eigenvalue weighted by Gasteiger charge is -2.45. The zero-order valence-electron chi connectivity index (χ0n) is 10.7. The Morgan fingerprint density at radius 1 is 1.53 bits per heavy atom. The summed E-state index contributed by atoms with van der Waals surface area (Å²) >= 11 is 0. The van der Waals surface area contributed by atoms with Crippen molar-refractivity contribution in [1.29, 1.82) is 0 Å². The van der Waals surface area contributed by atoms with E-state index in [-0.39, 0.29) is 23.4 Å². The number of hydrogen-bond donors (Lipinski definition) is 0. The van der Waals surface area contributed by atoms with Crippen LogP contribution in [0.4, 0.5) is 0 Å². The van der Waals surface area contributed by atoms with E-state index in [9.17, 15) is 4.79 Å². The van der Waals surface area contributed by atoms with E-state index in [1.807, 2.05) is 0 Å². The number of esters is 1. The van der Waals surface area contributed by atoms with Crippen LogP contribution in [-0.2, 0) is 9.53 Å². The monoisotopic (exact) mass is 232 g/mol. The van der Waals surface area contributed by atoms with Crippen LogP contribution in [0.3, 0.4) is 0 Å². The number of carbonyl (C=O) groups is 1. The largest absolute Gasteiger partial charge is 0.458 e. The fourth-order valence-corrected chi connectivity index (χ4v) is 3.94. The molecule has 0 bridgehead atoms. The summed E-state index contributed by atoms with van der Waals surface area (Å²) in [6.45, 7) is 8.53. The summed E-state index contributed by atoms with van der Waals surface area (Å²) in [5.41, 5.74) is 2.45. The molecule has 0 aromatic rings. The number of allylic oxidation sites excluding steroid dienone is 1. The Balaban J connectivity index is 2.01. The first-order valence-electron chi connectivity index (χ1n) is 6.63. The van der Waals surface area contributed by atoms with Crippen LogP contribution in [0.1, 0.15) is 39.5 Å². The van der Waals surface area contributed by atoms with Gasteiger partial charge in [-0.05, 0) is 30.6 Å². The van der Waals surface area contributed by atoms with Gasteiger partial charge in [0.15, 0.2) is 0 Å². The highest BCUT2D eigenvalue weighted by atomic mass is 16.6. The predicted octanol–water partition coefficient (Wildman–Crippen LogP) is 3.24. The second-order valence-corrected chi connectivity index (χ2v) is 6.17. The maximum absolute atomic E-state index is 11.6. The van der Waals surface area contributed by atoms with Gasteiger partial charge in [-0.1, -0.05) is 38.5 Å². The van der Waals surface area contributed by atoms with Crippen LogP contribution in [0, 0.1) is 17.3 Å². The van der Waals surface area contributed by atoms with Gasteiger partial charge < -0.3 is 4.74 Å². The molecule has 1 aliphatic heterocycles. The summed E-state index contributed by atoms with van der Waals surface area (Å²) in [7, 11) is 0. The number of hydrogen-bond acceptors (Lipinski definition) is 2. The van der Waals surface area contributed by atoms with Gasteiger partial charge >= 0.3 is 5.97 Å². The van der Waals surface area contributed by atoms with Gasteiger partial charge in [-0.15, -0.1) is 0 Å². The molecule has 0 radical (unpaired) electrons. The van der Waals surface area contributed by atoms with Gasteiger partial charge in [0.25, 0.3) is 0 Å². The molecule has 3 aliphatic rings. The van der Waals surface area contributed by atoms with E-state index < -0.39 is 0 Å². The van der Waals surface area contributed by atoms with Crippen LogP contribution in [0.15, 0.2) is 23.8 Å². The Labute approximate surface area is 103 Å². The number of fused-ring (bicyclic) bond motifs is 2. The Kier molecular flexibility index (Phi) is 2.26. The van der Waals surface area contributed by atoms with Crippen LogP contribution in [0.25, 0.3) is 0 Å². The molecular weight excluding hydrogens is 212 g/mol. The van der Waals surface area contributed by atoms with Gasteiger partial charge in [0.2, 0.25) is 0 Å². The van der Waals surface area contributed by atoms with Crippen molar-refractivity contribution in [3.63, 3.8) is 0 Å². The Hall–Kier alpha value is -1.05. The third-order valence-electron chi connectivity index (χ3n) is 4.93. The van der Waals surface area contributed by atoms with Crippen LogP contribution in [-0.4, -0.2) is 12.1 Å². The van der Waals surface area contributed by atoms with Gasteiger partial charge in [0, 0.05) is 11.5 Å². The van der Waals surface area contributed by atoms with Gasteiger partial charge in [-0.25, -0.2) is 4.79 Å². The lowest BCUT2D eigenvalue weighted by Crippen LogP contribution is -2.38. The van der Waals surface area contributed by atoms with E-state index in [2.05, 4.69) is 26.5 Å². The maximum Gasteiger partial charge on any atom is 0.334 e. The zero-order valence-corrected chi connectivity index (χ0v) is 10.7. The molecule has 92 valence electrons. The quantitative estimate of drug-likeness (QED) is 0.364. The van der Waals surface area contributed by atoms with Crippen LogP contribution in [0.5, 0.6) is 0 Å². The minimum Gasteiger partial charge on any atom is -0.458 e. The summed E-state index contributed by atoms with van der Waals surface area (Å²) in [4.78, 5) is 11.6. The highest BCUT2D eigenvalue weighted by Crippen LogP contribution is 2.53. The lowest BCUT2D eigenvalue weighted by molar-refractivity contribution is -0.140. The van der Waals surface area contributed by atoms with Crippen molar-refractivity contribution >= 4 is 5.97 Å². The van der Waals surface area contributed by atoms with Crippen molar-refractivity contribution in [3.05, 3.63) is 23.8 Å². The molecule has 2 aliphatic carbocycles. The van der Waals surface area contributed by atoms with E-state index in [4.69, 9.17) is 4.74 Å². The minimum absolute atomic E-state index is 0.0500. The van der Waals surface area contributed by atoms with Gasteiger partial charge in [-0.2, -0.15) is 0 Å². The van der Waals surface area contributed by atoms with Crippen molar-refractivity contribution in [2.75, 3.05) is 0 Å². The molecule has 0 spiro atoms. The van der Waals surface area contributed by atoms with E-state index >= 15 is 0 Å². The van der Waals surface area contributed by atoms with Gasteiger partial charge in [-0.3, -0.25) is 0 Å². The standard InChI is InChI=1S/C15H20O2/c1-9-5-4-6-15(3)8-13-11(7-12(9)15)10(2)14(16)17-13/h7,9,11,13H,2,4-6,8H2,1,3H3/t9?,11-,13-,15-/m0/s1. The highest BCUT2D eigenvalue weighted by molar-refractivity contribution is 5.91. The topological polar surface area (TPSA) is 26.3 Å². The van der Waals surface area contributed by atoms with Crippen molar-refractivity contribution < 1.29 is 9.53 Å². The third kappa shape index (κ3) is 1.50.